The first-order valence-corrected chi connectivity index (χ1v) is 7.72. The number of benzene rings is 1. The van der Waals surface area contributed by atoms with E-state index in [1.165, 1.54) is 5.56 Å². The molecule has 0 radical (unpaired) electrons. The molecule has 0 aliphatic heterocycles. The summed E-state index contributed by atoms with van der Waals surface area (Å²) in [5.74, 6) is 0.762. The highest BCUT2D eigenvalue weighted by molar-refractivity contribution is 7.80. The standard InChI is InChI=1S/C17H21N3OS/c1-21-12-6-11-18-17(22)20-16-10-5-9-15(19-16)13-14-7-3-2-4-8-14/h2-5,7-10H,6,11-13H2,1H3,(H2,18,19,20,22). The van der Waals surface area contributed by atoms with E-state index in [1.807, 2.05) is 36.4 Å². The quantitative estimate of drug-likeness (QED) is 0.607. The van der Waals surface area contributed by atoms with Crippen molar-refractivity contribution in [3.63, 3.8) is 0 Å². The Kier molecular flexibility index (Phi) is 6.80. The van der Waals surface area contributed by atoms with Gasteiger partial charge in [-0.1, -0.05) is 36.4 Å². The second-order valence-electron chi connectivity index (χ2n) is 4.90. The third-order valence-corrected chi connectivity index (χ3v) is 3.33. The van der Waals surface area contributed by atoms with Gasteiger partial charge < -0.3 is 15.4 Å². The molecule has 4 nitrogen and oxygen atoms in total. The summed E-state index contributed by atoms with van der Waals surface area (Å²) in [5, 5.41) is 6.83. The molecule has 0 saturated heterocycles. The molecule has 1 aromatic carbocycles. The van der Waals surface area contributed by atoms with Gasteiger partial charge in [0.15, 0.2) is 5.11 Å². The Labute approximate surface area is 136 Å². The van der Waals surface area contributed by atoms with Crippen LogP contribution in [0.25, 0.3) is 0 Å². The highest BCUT2D eigenvalue weighted by atomic mass is 32.1. The minimum atomic E-state index is 0.584. The number of methoxy groups -OCH3 is 1. The fourth-order valence-electron chi connectivity index (χ4n) is 2.03. The Bertz CT molecular complexity index is 589. The molecule has 0 spiro atoms. The number of pyridine rings is 1. The minimum absolute atomic E-state index is 0.584. The molecular weight excluding hydrogens is 294 g/mol. The summed E-state index contributed by atoms with van der Waals surface area (Å²) in [5.41, 5.74) is 2.26. The maximum absolute atomic E-state index is 5.26. The van der Waals surface area contributed by atoms with E-state index in [-0.39, 0.29) is 0 Å². The number of thiocarbonyl (C=S) groups is 1. The summed E-state index contributed by atoms with van der Waals surface area (Å²) in [6, 6.07) is 16.2. The van der Waals surface area contributed by atoms with Crippen LogP contribution in [0.3, 0.4) is 0 Å². The summed E-state index contributed by atoms with van der Waals surface area (Å²) >= 11 is 5.26. The van der Waals surface area contributed by atoms with E-state index in [0.29, 0.717) is 5.11 Å². The number of nitrogens with zero attached hydrogens (tertiary/aromatic N) is 1. The highest BCUT2D eigenvalue weighted by Crippen LogP contribution is 2.10. The molecule has 116 valence electrons. The van der Waals surface area contributed by atoms with Crippen LogP contribution in [0.15, 0.2) is 48.5 Å². The molecule has 2 aromatic rings. The van der Waals surface area contributed by atoms with Gasteiger partial charge in [0.25, 0.3) is 0 Å². The molecule has 0 unspecified atom stereocenters. The van der Waals surface area contributed by atoms with Crippen LogP contribution in [0.4, 0.5) is 5.82 Å². The van der Waals surface area contributed by atoms with Crippen LogP contribution >= 0.6 is 12.2 Å². The summed E-state index contributed by atoms with van der Waals surface area (Å²) < 4.78 is 5.00. The van der Waals surface area contributed by atoms with Crippen molar-refractivity contribution in [2.45, 2.75) is 12.8 Å². The average molecular weight is 315 g/mol. The Morgan fingerprint density at radius 3 is 2.73 bits per heavy atom. The molecule has 0 saturated carbocycles. The Hall–Kier alpha value is -1.98. The smallest absolute Gasteiger partial charge is 0.171 e. The fourth-order valence-corrected chi connectivity index (χ4v) is 2.24. The lowest BCUT2D eigenvalue weighted by Gasteiger charge is -2.10. The van der Waals surface area contributed by atoms with Gasteiger partial charge in [-0.15, -0.1) is 0 Å². The molecule has 2 N–H and O–H groups in total. The highest BCUT2D eigenvalue weighted by Gasteiger charge is 2.01. The molecule has 1 heterocycles. The van der Waals surface area contributed by atoms with Gasteiger partial charge in [-0.2, -0.15) is 0 Å². The van der Waals surface area contributed by atoms with Gasteiger partial charge in [0.2, 0.25) is 0 Å². The number of ether oxygens (including phenoxy) is 1. The van der Waals surface area contributed by atoms with Gasteiger partial charge in [-0.05, 0) is 36.3 Å². The SMILES string of the molecule is COCCCNC(=S)Nc1cccc(Cc2ccccc2)n1. The predicted molar refractivity (Wildman–Crippen MR) is 94.2 cm³/mol. The van der Waals surface area contributed by atoms with Gasteiger partial charge in [0.05, 0.1) is 0 Å². The number of hydrogen-bond donors (Lipinski definition) is 2. The van der Waals surface area contributed by atoms with Crippen LogP contribution in [-0.4, -0.2) is 30.4 Å². The van der Waals surface area contributed by atoms with Gasteiger partial charge in [0, 0.05) is 32.4 Å². The molecule has 1 aromatic heterocycles. The van der Waals surface area contributed by atoms with E-state index >= 15 is 0 Å². The summed E-state index contributed by atoms with van der Waals surface area (Å²) in [4.78, 5) is 4.59. The molecule has 0 amide bonds. The van der Waals surface area contributed by atoms with E-state index in [1.54, 1.807) is 7.11 Å². The Balaban J connectivity index is 1.87. The zero-order valence-corrected chi connectivity index (χ0v) is 13.5. The maximum atomic E-state index is 5.26. The van der Waals surface area contributed by atoms with Crippen molar-refractivity contribution in [3.8, 4) is 0 Å². The van der Waals surface area contributed by atoms with Crippen molar-refractivity contribution in [2.75, 3.05) is 25.6 Å². The first-order valence-electron chi connectivity index (χ1n) is 7.31. The summed E-state index contributed by atoms with van der Waals surface area (Å²) in [6.07, 6.45) is 1.73. The zero-order valence-electron chi connectivity index (χ0n) is 12.7. The van der Waals surface area contributed by atoms with Crippen LogP contribution in [0, 0.1) is 0 Å². The summed E-state index contributed by atoms with van der Waals surface area (Å²) in [6.45, 7) is 1.50. The Morgan fingerprint density at radius 1 is 1.14 bits per heavy atom. The van der Waals surface area contributed by atoms with Crippen molar-refractivity contribution in [3.05, 3.63) is 59.8 Å². The lowest BCUT2D eigenvalue weighted by atomic mass is 10.1. The van der Waals surface area contributed by atoms with Crippen molar-refractivity contribution >= 4 is 23.1 Å². The lowest BCUT2D eigenvalue weighted by molar-refractivity contribution is 0.196. The molecule has 2 rings (SSSR count). The predicted octanol–water partition coefficient (Wildman–Crippen LogP) is 3.00. The Morgan fingerprint density at radius 2 is 1.95 bits per heavy atom. The first-order chi connectivity index (χ1) is 10.8. The molecule has 5 heteroatoms. The normalized spacial score (nSPS) is 10.2. The third-order valence-electron chi connectivity index (χ3n) is 3.09. The van der Waals surface area contributed by atoms with Gasteiger partial charge in [-0.25, -0.2) is 4.98 Å². The minimum Gasteiger partial charge on any atom is -0.385 e. The molecule has 0 atom stereocenters. The van der Waals surface area contributed by atoms with E-state index in [9.17, 15) is 0 Å². The van der Waals surface area contributed by atoms with Crippen molar-refractivity contribution in [1.82, 2.24) is 10.3 Å². The maximum Gasteiger partial charge on any atom is 0.171 e. The van der Waals surface area contributed by atoms with Crippen LogP contribution < -0.4 is 10.6 Å². The molecule has 0 aliphatic carbocycles. The van der Waals surface area contributed by atoms with Crippen LogP contribution in [0.2, 0.25) is 0 Å². The average Bonchev–Trinajstić information content (AvgIpc) is 2.53. The molecule has 22 heavy (non-hydrogen) atoms. The molecule has 0 fully saturated rings. The zero-order chi connectivity index (χ0) is 15.6. The van der Waals surface area contributed by atoms with Gasteiger partial charge >= 0.3 is 0 Å². The number of anilines is 1. The van der Waals surface area contributed by atoms with Crippen molar-refractivity contribution in [1.29, 1.82) is 0 Å². The van der Waals surface area contributed by atoms with E-state index in [2.05, 4.69) is 27.8 Å². The van der Waals surface area contributed by atoms with Crippen molar-refractivity contribution < 1.29 is 4.74 Å². The van der Waals surface area contributed by atoms with Crippen molar-refractivity contribution in [2.24, 2.45) is 0 Å². The first kappa shape index (κ1) is 16.4. The fraction of sp³-hybridized carbons (Fsp3) is 0.294. The van der Waals surface area contributed by atoms with Gasteiger partial charge in [0.1, 0.15) is 5.82 Å². The lowest BCUT2D eigenvalue weighted by Crippen LogP contribution is -2.30. The number of nitrogens with one attached hydrogen (secondary N) is 2. The van der Waals surface area contributed by atoms with E-state index in [4.69, 9.17) is 17.0 Å². The van der Waals surface area contributed by atoms with Crippen LogP contribution in [0.5, 0.6) is 0 Å². The topological polar surface area (TPSA) is 46.2 Å². The van der Waals surface area contributed by atoms with E-state index in [0.717, 1.165) is 37.5 Å². The van der Waals surface area contributed by atoms with Crippen LogP contribution in [-0.2, 0) is 11.2 Å². The number of rotatable bonds is 7. The number of aromatic nitrogens is 1. The van der Waals surface area contributed by atoms with Gasteiger partial charge in [-0.3, -0.25) is 0 Å². The second kappa shape index (κ2) is 9.12. The summed E-state index contributed by atoms with van der Waals surface area (Å²) in [7, 11) is 1.69. The van der Waals surface area contributed by atoms with Crippen LogP contribution in [0.1, 0.15) is 17.7 Å². The monoisotopic (exact) mass is 315 g/mol. The largest absolute Gasteiger partial charge is 0.385 e. The molecule has 0 aliphatic rings. The number of hydrogen-bond acceptors (Lipinski definition) is 3. The molecule has 0 bridgehead atoms. The third kappa shape index (κ3) is 5.79. The second-order valence-corrected chi connectivity index (χ2v) is 5.31. The molecular formula is C17H21N3OS. The van der Waals surface area contributed by atoms with E-state index < -0.39 is 0 Å².